The molecule has 3 saturated carbocycles. The zero-order chi connectivity index (χ0) is 14.6. The van der Waals surface area contributed by atoms with E-state index in [1.807, 2.05) is 11.3 Å². The van der Waals surface area contributed by atoms with Crippen LogP contribution in [0.25, 0.3) is 0 Å². The average molecular weight is 305 g/mol. The van der Waals surface area contributed by atoms with E-state index >= 15 is 0 Å². The van der Waals surface area contributed by atoms with Crippen LogP contribution in [-0.2, 0) is 12.0 Å². The fraction of sp³-hybridized carbons (Fsp3) is 0.833. The molecule has 2 nitrogen and oxygen atoms in total. The summed E-state index contributed by atoms with van der Waals surface area (Å²) in [6, 6.07) is 0.783. The third-order valence-electron chi connectivity index (χ3n) is 5.61. The first-order chi connectivity index (χ1) is 10.0. The maximum Gasteiger partial charge on any atom is 0.0965 e. The molecule has 0 spiro atoms. The van der Waals surface area contributed by atoms with Crippen molar-refractivity contribution in [2.45, 2.75) is 83.2 Å². The van der Waals surface area contributed by atoms with Crippen LogP contribution >= 0.6 is 11.3 Å². The molecule has 1 heterocycles. The van der Waals surface area contributed by atoms with Crippen LogP contribution in [0.3, 0.4) is 0 Å². The van der Waals surface area contributed by atoms with Gasteiger partial charge in [-0.1, -0.05) is 27.2 Å². The van der Waals surface area contributed by atoms with Crippen molar-refractivity contribution >= 4 is 11.3 Å². The van der Waals surface area contributed by atoms with Gasteiger partial charge in [0.1, 0.15) is 0 Å². The molecular weight excluding hydrogens is 276 g/mol. The molecule has 21 heavy (non-hydrogen) atoms. The van der Waals surface area contributed by atoms with E-state index in [1.165, 1.54) is 54.1 Å². The first-order valence-electron chi connectivity index (χ1n) is 8.74. The van der Waals surface area contributed by atoms with Crippen molar-refractivity contribution < 1.29 is 0 Å². The Hall–Kier alpha value is -0.410. The normalized spacial score (nSPS) is 32.0. The Morgan fingerprint density at radius 3 is 2.52 bits per heavy atom. The van der Waals surface area contributed by atoms with Crippen molar-refractivity contribution in [1.29, 1.82) is 0 Å². The summed E-state index contributed by atoms with van der Waals surface area (Å²) in [6.45, 7) is 7.98. The molecule has 0 saturated heterocycles. The lowest BCUT2D eigenvalue weighted by Crippen LogP contribution is -2.20. The molecule has 0 amide bonds. The van der Waals surface area contributed by atoms with Crippen molar-refractivity contribution in [2.75, 3.05) is 0 Å². The molecule has 3 heteroatoms. The highest BCUT2D eigenvalue weighted by Gasteiger charge is 2.42. The monoisotopic (exact) mass is 304 g/mol. The minimum Gasteiger partial charge on any atom is -0.309 e. The van der Waals surface area contributed by atoms with Gasteiger partial charge in [0, 0.05) is 28.8 Å². The Morgan fingerprint density at radius 1 is 1.14 bits per heavy atom. The van der Waals surface area contributed by atoms with Gasteiger partial charge in [-0.25, -0.2) is 4.98 Å². The summed E-state index contributed by atoms with van der Waals surface area (Å²) in [5, 5.41) is 5.15. The van der Waals surface area contributed by atoms with Crippen molar-refractivity contribution in [3.8, 4) is 0 Å². The van der Waals surface area contributed by atoms with Gasteiger partial charge >= 0.3 is 0 Å². The number of nitrogens with one attached hydrogen (secondary N) is 1. The first-order valence-corrected chi connectivity index (χ1v) is 9.56. The average Bonchev–Trinajstić information content (AvgIpc) is 2.88. The molecule has 116 valence electrons. The summed E-state index contributed by atoms with van der Waals surface area (Å²) in [5.41, 5.74) is 1.53. The van der Waals surface area contributed by atoms with Crippen LogP contribution in [0.1, 0.15) is 80.8 Å². The quantitative estimate of drug-likeness (QED) is 0.879. The van der Waals surface area contributed by atoms with Gasteiger partial charge in [0.2, 0.25) is 0 Å². The Bertz CT molecular complexity index is 524. The molecular formula is C18H28N2S. The number of nitrogens with zero attached hydrogens (tertiary/aromatic N) is 1. The largest absolute Gasteiger partial charge is 0.309 e. The zero-order valence-electron chi connectivity index (χ0n) is 13.6. The topological polar surface area (TPSA) is 24.9 Å². The van der Waals surface area contributed by atoms with E-state index in [2.05, 4.69) is 26.1 Å². The highest BCUT2D eigenvalue weighted by molar-refractivity contribution is 7.11. The molecule has 0 aliphatic heterocycles. The molecule has 2 bridgehead atoms. The van der Waals surface area contributed by atoms with Crippen LogP contribution in [0.2, 0.25) is 0 Å². The second kappa shape index (κ2) is 5.06. The number of aromatic nitrogens is 1. The number of hydrogen-bond donors (Lipinski definition) is 1. The van der Waals surface area contributed by atoms with Gasteiger partial charge in [0.25, 0.3) is 0 Å². The third kappa shape index (κ3) is 2.79. The summed E-state index contributed by atoms with van der Waals surface area (Å²) < 4.78 is 0. The molecule has 3 fully saturated rings. The molecule has 3 unspecified atom stereocenters. The molecule has 3 aliphatic rings. The Morgan fingerprint density at radius 2 is 1.95 bits per heavy atom. The first kappa shape index (κ1) is 14.2. The summed E-state index contributed by atoms with van der Waals surface area (Å²) in [6.07, 6.45) is 8.55. The summed E-state index contributed by atoms with van der Waals surface area (Å²) >= 11 is 2.02. The number of hydrogen-bond acceptors (Lipinski definition) is 3. The van der Waals surface area contributed by atoms with Gasteiger partial charge in [0.15, 0.2) is 0 Å². The minimum absolute atomic E-state index is 0.174. The Labute approximate surface area is 132 Å². The molecule has 1 N–H and O–H groups in total. The van der Waals surface area contributed by atoms with Gasteiger partial charge < -0.3 is 5.32 Å². The van der Waals surface area contributed by atoms with Crippen molar-refractivity contribution in [2.24, 2.45) is 11.8 Å². The van der Waals surface area contributed by atoms with Crippen molar-refractivity contribution in [3.05, 3.63) is 15.6 Å². The number of thiazole rings is 1. The van der Waals surface area contributed by atoms with E-state index in [0.29, 0.717) is 0 Å². The van der Waals surface area contributed by atoms with E-state index in [-0.39, 0.29) is 5.41 Å². The number of rotatable bonds is 4. The fourth-order valence-electron chi connectivity index (χ4n) is 4.31. The molecule has 0 aromatic carbocycles. The Kier molecular flexibility index (Phi) is 3.42. The molecule has 1 aromatic rings. The van der Waals surface area contributed by atoms with Crippen molar-refractivity contribution in [1.82, 2.24) is 10.3 Å². The molecule has 3 aliphatic carbocycles. The lowest BCUT2D eigenvalue weighted by molar-refractivity contribution is 0.417. The lowest BCUT2D eigenvalue weighted by Gasteiger charge is -2.20. The molecule has 4 rings (SSSR count). The number of fused-ring (bicyclic) bond motifs is 2. The van der Waals surface area contributed by atoms with Crippen LogP contribution < -0.4 is 5.32 Å². The van der Waals surface area contributed by atoms with Gasteiger partial charge in [0.05, 0.1) is 10.7 Å². The highest BCUT2D eigenvalue weighted by Crippen LogP contribution is 2.54. The van der Waals surface area contributed by atoms with Gasteiger partial charge in [-0.15, -0.1) is 11.3 Å². The van der Waals surface area contributed by atoms with E-state index < -0.39 is 0 Å². The van der Waals surface area contributed by atoms with Crippen LogP contribution in [0.15, 0.2) is 0 Å². The van der Waals surface area contributed by atoms with Crippen LogP contribution in [0.4, 0.5) is 0 Å². The van der Waals surface area contributed by atoms with Crippen LogP contribution in [-0.4, -0.2) is 11.0 Å². The van der Waals surface area contributed by atoms with Gasteiger partial charge in [-0.05, 0) is 43.9 Å². The molecule has 3 atom stereocenters. The zero-order valence-corrected chi connectivity index (χ0v) is 14.4. The smallest absolute Gasteiger partial charge is 0.0965 e. The van der Waals surface area contributed by atoms with Crippen molar-refractivity contribution in [3.63, 3.8) is 0 Å². The second-order valence-electron chi connectivity index (χ2n) is 8.51. The van der Waals surface area contributed by atoms with Crippen LogP contribution in [0, 0.1) is 11.8 Å². The van der Waals surface area contributed by atoms with E-state index in [9.17, 15) is 0 Å². The predicted molar refractivity (Wildman–Crippen MR) is 88.9 cm³/mol. The van der Waals surface area contributed by atoms with E-state index in [0.717, 1.165) is 30.3 Å². The summed E-state index contributed by atoms with van der Waals surface area (Å²) in [5.74, 6) is 2.73. The van der Waals surface area contributed by atoms with E-state index in [4.69, 9.17) is 4.98 Å². The SMILES string of the molecule is CC(C)(C)c1nc(C2CC3CCC2C3)sc1CNC1CC1. The maximum absolute atomic E-state index is 5.16. The van der Waals surface area contributed by atoms with Gasteiger partial charge in [-0.3, -0.25) is 0 Å². The van der Waals surface area contributed by atoms with E-state index in [1.54, 1.807) is 0 Å². The minimum atomic E-state index is 0.174. The molecule has 1 aromatic heterocycles. The lowest BCUT2D eigenvalue weighted by atomic mass is 9.88. The standard InChI is InChI=1S/C18H28N2S/c1-18(2,3)16-15(10-19-13-6-7-13)21-17(20-16)14-9-11-4-5-12(14)8-11/h11-14,19H,4-10H2,1-3H3. The fourth-order valence-corrected chi connectivity index (χ4v) is 5.74. The Balaban J connectivity index is 1.59. The predicted octanol–water partition coefficient (Wildman–Crippen LogP) is 4.60. The second-order valence-corrected chi connectivity index (χ2v) is 9.63. The highest BCUT2D eigenvalue weighted by atomic mass is 32.1. The third-order valence-corrected chi connectivity index (χ3v) is 6.80. The molecule has 0 radical (unpaired) electrons. The summed E-state index contributed by atoms with van der Waals surface area (Å²) in [7, 11) is 0. The van der Waals surface area contributed by atoms with Crippen LogP contribution in [0.5, 0.6) is 0 Å². The summed E-state index contributed by atoms with van der Waals surface area (Å²) in [4.78, 5) is 6.67. The van der Waals surface area contributed by atoms with Gasteiger partial charge in [-0.2, -0.15) is 0 Å². The maximum atomic E-state index is 5.16.